The van der Waals surface area contributed by atoms with Gasteiger partial charge in [-0.25, -0.2) is 4.68 Å². The Morgan fingerprint density at radius 2 is 1.90 bits per heavy atom. The zero-order chi connectivity index (χ0) is 15.5. The molecule has 4 nitrogen and oxygen atoms in total. The van der Waals surface area contributed by atoms with Crippen LogP contribution < -0.4 is 5.32 Å². The van der Waals surface area contributed by atoms with Gasteiger partial charge in [0.1, 0.15) is 5.82 Å². The lowest BCUT2D eigenvalue weighted by Gasteiger charge is -2.17. The van der Waals surface area contributed by atoms with Crippen LogP contribution in [0.5, 0.6) is 0 Å². The van der Waals surface area contributed by atoms with Crippen molar-refractivity contribution in [3.63, 3.8) is 0 Å². The van der Waals surface area contributed by atoms with Crippen LogP contribution in [0.15, 0.2) is 41.0 Å². The van der Waals surface area contributed by atoms with Gasteiger partial charge >= 0.3 is 0 Å². The molecule has 2 rings (SSSR count). The van der Waals surface area contributed by atoms with Crippen molar-refractivity contribution in [1.29, 1.82) is 0 Å². The Kier molecular flexibility index (Phi) is 4.83. The van der Waals surface area contributed by atoms with Gasteiger partial charge in [0.05, 0.1) is 12.7 Å². The molecule has 0 bridgehead atoms. The number of hydrogen-bond donors (Lipinski definition) is 1. The number of nitrogens with zero attached hydrogens (tertiary/aromatic N) is 2. The van der Waals surface area contributed by atoms with Crippen LogP contribution in [0.3, 0.4) is 0 Å². The molecule has 1 amide bonds. The first-order valence-corrected chi connectivity index (χ1v) is 7.69. The lowest BCUT2D eigenvalue weighted by Crippen LogP contribution is -2.21. The summed E-state index contributed by atoms with van der Waals surface area (Å²) in [5.74, 6) is 0.743. The number of halogens is 1. The molecular weight excluding hydrogens is 330 g/mol. The van der Waals surface area contributed by atoms with Crippen molar-refractivity contribution in [3.05, 3.63) is 46.6 Å². The highest BCUT2D eigenvalue weighted by Crippen LogP contribution is 2.20. The molecule has 2 aromatic rings. The average Bonchev–Trinajstić information content (AvgIpc) is 2.77. The van der Waals surface area contributed by atoms with Gasteiger partial charge in [-0.1, -0.05) is 48.8 Å². The molecule has 1 aromatic heterocycles. The molecule has 112 valence electrons. The van der Waals surface area contributed by atoms with Crippen LogP contribution in [0, 0.1) is 5.41 Å². The number of benzene rings is 1. The van der Waals surface area contributed by atoms with E-state index >= 15 is 0 Å². The normalized spacial score (nSPS) is 11.4. The van der Waals surface area contributed by atoms with Crippen molar-refractivity contribution in [1.82, 2.24) is 9.78 Å². The van der Waals surface area contributed by atoms with E-state index in [9.17, 15) is 4.79 Å². The second kappa shape index (κ2) is 6.43. The maximum Gasteiger partial charge on any atom is 0.226 e. The highest BCUT2D eigenvalue weighted by Gasteiger charge is 2.17. The summed E-state index contributed by atoms with van der Waals surface area (Å²) in [5, 5.41) is 7.20. The third-order valence-electron chi connectivity index (χ3n) is 2.92. The quantitative estimate of drug-likeness (QED) is 0.904. The Bertz CT molecular complexity index is 611. The van der Waals surface area contributed by atoms with E-state index in [1.54, 1.807) is 10.9 Å². The highest BCUT2D eigenvalue weighted by molar-refractivity contribution is 9.10. The van der Waals surface area contributed by atoms with Gasteiger partial charge < -0.3 is 5.32 Å². The summed E-state index contributed by atoms with van der Waals surface area (Å²) in [6.07, 6.45) is 2.18. The Labute approximate surface area is 133 Å². The van der Waals surface area contributed by atoms with Crippen molar-refractivity contribution < 1.29 is 4.79 Å². The fourth-order valence-corrected chi connectivity index (χ4v) is 2.26. The molecule has 0 saturated carbocycles. The molecule has 1 heterocycles. The third kappa shape index (κ3) is 5.01. The van der Waals surface area contributed by atoms with E-state index in [-0.39, 0.29) is 11.3 Å². The molecule has 0 radical (unpaired) electrons. The van der Waals surface area contributed by atoms with Crippen molar-refractivity contribution in [2.45, 2.75) is 33.7 Å². The van der Waals surface area contributed by atoms with Gasteiger partial charge in [0.2, 0.25) is 5.91 Å². The van der Waals surface area contributed by atoms with E-state index in [4.69, 9.17) is 0 Å². The number of rotatable bonds is 4. The number of hydrogen-bond acceptors (Lipinski definition) is 2. The summed E-state index contributed by atoms with van der Waals surface area (Å²) in [6.45, 7) is 6.77. The second-order valence-electron chi connectivity index (χ2n) is 6.29. The smallest absolute Gasteiger partial charge is 0.226 e. The largest absolute Gasteiger partial charge is 0.311 e. The summed E-state index contributed by atoms with van der Waals surface area (Å²) in [6, 6.07) is 9.88. The monoisotopic (exact) mass is 349 g/mol. The van der Waals surface area contributed by atoms with E-state index in [1.807, 2.05) is 51.1 Å². The first-order chi connectivity index (χ1) is 9.83. The van der Waals surface area contributed by atoms with Crippen LogP contribution >= 0.6 is 15.9 Å². The van der Waals surface area contributed by atoms with E-state index in [2.05, 4.69) is 26.3 Å². The van der Waals surface area contributed by atoms with Gasteiger partial charge in [-0.3, -0.25) is 4.79 Å². The van der Waals surface area contributed by atoms with E-state index in [0.717, 1.165) is 15.9 Å². The number of carbonyl (C=O) groups is 1. The van der Waals surface area contributed by atoms with Crippen LogP contribution in [-0.2, 0) is 11.3 Å². The Morgan fingerprint density at radius 3 is 2.52 bits per heavy atom. The van der Waals surface area contributed by atoms with Crippen molar-refractivity contribution in [2.75, 3.05) is 5.32 Å². The van der Waals surface area contributed by atoms with Crippen LogP contribution in [0.2, 0.25) is 0 Å². The van der Waals surface area contributed by atoms with Crippen molar-refractivity contribution in [2.24, 2.45) is 5.41 Å². The minimum atomic E-state index is -0.0271. The number of amides is 1. The van der Waals surface area contributed by atoms with Gasteiger partial charge in [0.15, 0.2) is 0 Å². The maximum atomic E-state index is 12.0. The average molecular weight is 350 g/mol. The molecule has 0 aliphatic heterocycles. The Balaban J connectivity index is 2.05. The first kappa shape index (κ1) is 15.8. The second-order valence-corrected chi connectivity index (χ2v) is 7.20. The van der Waals surface area contributed by atoms with E-state index in [1.165, 1.54) is 0 Å². The van der Waals surface area contributed by atoms with Crippen LogP contribution in [-0.4, -0.2) is 15.7 Å². The summed E-state index contributed by atoms with van der Waals surface area (Å²) >= 11 is 3.42. The van der Waals surface area contributed by atoms with Gasteiger partial charge in [-0.15, -0.1) is 0 Å². The molecule has 0 unspecified atom stereocenters. The number of aromatic nitrogens is 2. The minimum Gasteiger partial charge on any atom is -0.311 e. The number of nitrogens with one attached hydrogen (secondary N) is 1. The summed E-state index contributed by atoms with van der Waals surface area (Å²) in [4.78, 5) is 12.0. The molecule has 0 fully saturated rings. The lowest BCUT2D eigenvalue weighted by atomic mass is 9.92. The molecular formula is C16H20BrN3O. The fourth-order valence-electron chi connectivity index (χ4n) is 2.00. The van der Waals surface area contributed by atoms with E-state index < -0.39 is 0 Å². The molecule has 0 spiro atoms. The number of carbonyl (C=O) groups excluding carboxylic acids is 1. The third-order valence-corrected chi connectivity index (χ3v) is 3.45. The SMILES string of the molecule is CC(C)(C)CC(=O)Nc1ccnn1Cc1ccc(Br)cc1. The standard InChI is InChI=1S/C16H20BrN3O/c1-16(2,3)10-15(21)19-14-8-9-18-20(14)11-12-4-6-13(17)7-5-12/h4-9H,10-11H2,1-3H3,(H,19,21). The predicted molar refractivity (Wildman–Crippen MR) is 88.2 cm³/mol. The zero-order valence-corrected chi connectivity index (χ0v) is 14.1. The number of anilines is 1. The summed E-state index contributed by atoms with van der Waals surface area (Å²) in [7, 11) is 0. The first-order valence-electron chi connectivity index (χ1n) is 6.90. The van der Waals surface area contributed by atoms with Gasteiger partial charge in [0, 0.05) is 17.0 Å². The fraction of sp³-hybridized carbons (Fsp3) is 0.375. The van der Waals surface area contributed by atoms with Crippen LogP contribution in [0.1, 0.15) is 32.8 Å². The molecule has 21 heavy (non-hydrogen) atoms. The van der Waals surface area contributed by atoms with Crippen LogP contribution in [0.25, 0.3) is 0 Å². The topological polar surface area (TPSA) is 46.9 Å². The predicted octanol–water partition coefficient (Wildman–Crippen LogP) is 4.07. The van der Waals surface area contributed by atoms with E-state index in [0.29, 0.717) is 13.0 Å². The summed E-state index contributed by atoms with van der Waals surface area (Å²) in [5.41, 5.74) is 1.11. The van der Waals surface area contributed by atoms with Crippen molar-refractivity contribution >= 4 is 27.7 Å². The molecule has 0 aliphatic rings. The maximum absolute atomic E-state index is 12.0. The van der Waals surface area contributed by atoms with Gasteiger partial charge in [-0.05, 0) is 23.1 Å². The molecule has 1 aromatic carbocycles. The lowest BCUT2D eigenvalue weighted by molar-refractivity contribution is -0.117. The van der Waals surface area contributed by atoms with Gasteiger partial charge in [0.25, 0.3) is 0 Å². The molecule has 0 saturated heterocycles. The molecule has 1 N–H and O–H groups in total. The molecule has 5 heteroatoms. The Hall–Kier alpha value is -1.62. The molecule has 0 aliphatic carbocycles. The highest BCUT2D eigenvalue weighted by atomic mass is 79.9. The van der Waals surface area contributed by atoms with Crippen molar-refractivity contribution in [3.8, 4) is 0 Å². The minimum absolute atomic E-state index is 0.0139. The zero-order valence-electron chi connectivity index (χ0n) is 12.6. The van der Waals surface area contributed by atoms with Gasteiger partial charge in [-0.2, -0.15) is 5.10 Å². The molecule has 0 atom stereocenters. The summed E-state index contributed by atoms with van der Waals surface area (Å²) < 4.78 is 2.84. The van der Waals surface area contributed by atoms with Crippen LogP contribution in [0.4, 0.5) is 5.82 Å². The Morgan fingerprint density at radius 1 is 1.24 bits per heavy atom.